The topological polar surface area (TPSA) is 52.6 Å². The molecule has 3 heterocycles. The Balaban J connectivity index is 1.02. The molecule has 0 radical (unpaired) electrons. The zero-order valence-corrected chi connectivity index (χ0v) is 18.8. The van der Waals surface area contributed by atoms with Crippen LogP contribution >= 0.6 is 0 Å². The summed E-state index contributed by atoms with van der Waals surface area (Å²) in [4.78, 5) is 28.4. The molecule has 2 aromatic rings. The summed E-state index contributed by atoms with van der Waals surface area (Å²) in [6, 6.07) is 7.43. The number of nitrogens with zero attached hydrogens (tertiary/aromatic N) is 5. The van der Waals surface area contributed by atoms with E-state index in [2.05, 4.69) is 42.9 Å². The van der Waals surface area contributed by atoms with Gasteiger partial charge >= 0.3 is 0 Å². The highest BCUT2D eigenvalue weighted by molar-refractivity contribution is 5.78. The number of amides is 1. The molecule has 1 unspecified atom stereocenters. The van der Waals surface area contributed by atoms with Gasteiger partial charge < -0.3 is 4.90 Å². The van der Waals surface area contributed by atoms with Crippen LogP contribution in [-0.2, 0) is 17.8 Å². The number of hydrogen-bond acceptors (Lipinski definition) is 5. The number of fused-ring (bicyclic) bond motifs is 3. The molecular formula is C26H33N5O. The van der Waals surface area contributed by atoms with Gasteiger partial charge in [-0.2, -0.15) is 0 Å². The molecule has 0 N–H and O–H groups in total. The van der Waals surface area contributed by atoms with Crippen LogP contribution in [0.4, 0.5) is 0 Å². The third-order valence-electron chi connectivity index (χ3n) is 8.39. The Bertz CT molecular complexity index is 971. The van der Waals surface area contributed by atoms with Crippen molar-refractivity contribution in [2.75, 3.05) is 39.3 Å². The van der Waals surface area contributed by atoms with E-state index in [-0.39, 0.29) is 0 Å². The monoisotopic (exact) mass is 431 g/mol. The van der Waals surface area contributed by atoms with Crippen molar-refractivity contribution in [1.82, 2.24) is 24.7 Å². The van der Waals surface area contributed by atoms with Crippen LogP contribution in [0.25, 0.3) is 11.1 Å². The van der Waals surface area contributed by atoms with Crippen molar-refractivity contribution in [3.05, 3.63) is 48.0 Å². The lowest BCUT2D eigenvalue weighted by atomic mass is 9.93. The molecule has 1 saturated heterocycles. The van der Waals surface area contributed by atoms with E-state index in [1.54, 1.807) is 6.33 Å². The molecule has 6 nitrogen and oxygen atoms in total. The standard InChI is InChI=1S/C26H33N5O/c32-26(31-9-7-30(8-10-31)25-12-19-1-2-22(25)11-19)17-29-6-5-21-13-20(3-4-23(21)16-29)24-14-27-18-28-15-24/h3-4,13-15,18-19,22,25H,1-2,5-12,16-17H2/t19-,22-,25?/m1/s1. The van der Waals surface area contributed by atoms with Crippen molar-refractivity contribution in [1.29, 1.82) is 0 Å². The zero-order valence-electron chi connectivity index (χ0n) is 18.8. The Morgan fingerprint density at radius 1 is 0.938 bits per heavy atom. The second kappa shape index (κ2) is 8.56. The Morgan fingerprint density at radius 2 is 1.78 bits per heavy atom. The maximum absolute atomic E-state index is 13.0. The Kier molecular flexibility index (Phi) is 5.43. The quantitative estimate of drug-likeness (QED) is 0.745. The van der Waals surface area contributed by atoms with Gasteiger partial charge in [-0.1, -0.05) is 24.6 Å². The van der Waals surface area contributed by atoms with Crippen LogP contribution in [0.2, 0.25) is 0 Å². The van der Waals surface area contributed by atoms with E-state index in [0.29, 0.717) is 12.5 Å². The van der Waals surface area contributed by atoms with Crippen molar-refractivity contribution in [2.45, 2.75) is 44.7 Å². The van der Waals surface area contributed by atoms with Crippen LogP contribution in [0.1, 0.15) is 36.8 Å². The number of aromatic nitrogens is 2. The van der Waals surface area contributed by atoms with E-state index in [0.717, 1.165) is 69.1 Å². The summed E-state index contributed by atoms with van der Waals surface area (Å²) in [6.45, 7) is 6.28. The predicted molar refractivity (Wildman–Crippen MR) is 124 cm³/mol. The van der Waals surface area contributed by atoms with Gasteiger partial charge in [0.15, 0.2) is 0 Å². The molecule has 3 fully saturated rings. The normalized spacial score (nSPS) is 28.1. The highest BCUT2D eigenvalue weighted by Crippen LogP contribution is 2.46. The summed E-state index contributed by atoms with van der Waals surface area (Å²) in [5.41, 5.74) is 4.94. The maximum Gasteiger partial charge on any atom is 0.236 e. The van der Waals surface area contributed by atoms with E-state index >= 15 is 0 Å². The van der Waals surface area contributed by atoms with E-state index in [9.17, 15) is 4.79 Å². The molecule has 0 spiro atoms. The van der Waals surface area contributed by atoms with Crippen LogP contribution in [-0.4, -0.2) is 75.9 Å². The van der Waals surface area contributed by atoms with Crippen LogP contribution in [0.3, 0.4) is 0 Å². The molecule has 32 heavy (non-hydrogen) atoms. The Morgan fingerprint density at radius 3 is 2.53 bits per heavy atom. The van der Waals surface area contributed by atoms with Crippen LogP contribution in [0, 0.1) is 11.8 Å². The lowest BCUT2D eigenvalue weighted by Gasteiger charge is -2.41. The second-order valence-corrected chi connectivity index (χ2v) is 10.2. The van der Waals surface area contributed by atoms with Gasteiger partial charge in [-0.25, -0.2) is 9.97 Å². The van der Waals surface area contributed by atoms with Crippen molar-refractivity contribution in [2.24, 2.45) is 11.8 Å². The van der Waals surface area contributed by atoms with E-state index < -0.39 is 0 Å². The fraction of sp³-hybridized carbons (Fsp3) is 0.577. The van der Waals surface area contributed by atoms with Crippen molar-refractivity contribution < 1.29 is 4.79 Å². The van der Waals surface area contributed by atoms with Gasteiger partial charge in [0.1, 0.15) is 6.33 Å². The minimum absolute atomic E-state index is 0.305. The lowest BCUT2D eigenvalue weighted by molar-refractivity contribution is -0.134. The number of piperazine rings is 1. The van der Waals surface area contributed by atoms with E-state index in [1.165, 1.54) is 42.4 Å². The Hall–Kier alpha value is -2.31. The highest BCUT2D eigenvalue weighted by atomic mass is 16.2. The molecule has 1 aromatic heterocycles. The molecule has 4 aliphatic rings. The number of rotatable bonds is 4. The predicted octanol–water partition coefficient (Wildman–Crippen LogP) is 2.83. The smallest absolute Gasteiger partial charge is 0.236 e. The average molecular weight is 432 g/mol. The molecule has 6 rings (SSSR count). The van der Waals surface area contributed by atoms with Crippen LogP contribution < -0.4 is 0 Å². The van der Waals surface area contributed by atoms with Gasteiger partial charge in [0, 0.05) is 63.3 Å². The molecule has 2 bridgehead atoms. The molecule has 6 heteroatoms. The van der Waals surface area contributed by atoms with Crippen molar-refractivity contribution >= 4 is 5.91 Å². The fourth-order valence-electron chi connectivity index (χ4n) is 6.63. The summed E-state index contributed by atoms with van der Waals surface area (Å²) in [5, 5.41) is 0. The molecule has 2 aliphatic heterocycles. The molecule has 2 saturated carbocycles. The highest BCUT2D eigenvalue weighted by Gasteiger charge is 2.43. The molecule has 2 aliphatic carbocycles. The Labute approximate surface area is 190 Å². The molecule has 1 amide bonds. The van der Waals surface area contributed by atoms with E-state index in [4.69, 9.17) is 0 Å². The summed E-state index contributed by atoms with van der Waals surface area (Å²) < 4.78 is 0. The summed E-state index contributed by atoms with van der Waals surface area (Å²) in [6.07, 6.45) is 12.0. The van der Waals surface area contributed by atoms with Gasteiger partial charge in [0.05, 0.1) is 6.54 Å². The van der Waals surface area contributed by atoms with Gasteiger partial charge in [-0.3, -0.25) is 14.6 Å². The number of hydrogen-bond donors (Lipinski definition) is 0. The van der Waals surface area contributed by atoms with E-state index in [1.807, 2.05) is 12.4 Å². The molecule has 1 aromatic carbocycles. The van der Waals surface area contributed by atoms with Crippen LogP contribution in [0.15, 0.2) is 36.9 Å². The first-order chi connectivity index (χ1) is 15.7. The first kappa shape index (κ1) is 20.3. The number of carbonyl (C=O) groups is 1. The second-order valence-electron chi connectivity index (χ2n) is 10.2. The fourth-order valence-corrected chi connectivity index (χ4v) is 6.63. The maximum atomic E-state index is 13.0. The zero-order chi connectivity index (χ0) is 21.5. The number of benzene rings is 1. The summed E-state index contributed by atoms with van der Waals surface area (Å²) >= 11 is 0. The SMILES string of the molecule is O=C(CN1CCc2cc(-c3cncnc3)ccc2C1)N1CCN(C2C[C@@H]3CC[C@@H]2C3)CC1. The van der Waals surface area contributed by atoms with Gasteiger partial charge in [-0.15, -0.1) is 0 Å². The molecular weight excluding hydrogens is 398 g/mol. The first-order valence-corrected chi connectivity index (χ1v) is 12.3. The lowest BCUT2D eigenvalue weighted by Crippen LogP contribution is -2.54. The average Bonchev–Trinajstić information content (AvgIpc) is 3.48. The van der Waals surface area contributed by atoms with Gasteiger partial charge in [0.2, 0.25) is 5.91 Å². The largest absolute Gasteiger partial charge is 0.339 e. The summed E-state index contributed by atoms with van der Waals surface area (Å²) in [7, 11) is 0. The van der Waals surface area contributed by atoms with Gasteiger partial charge in [0.25, 0.3) is 0 Å². The van der Waals surface area contributed by atoms with Crippen molar-refractivity contribution in [3.63, 3.8) is 0 Å². The van der Waals surface area contributed by atoms with Crippen molar-refractivity contribution in [3.8, 4) is 11.1 Å². The van der Waals surface area contributed by atoms with Gasteiger partial charge in [-0.05, 0) is 54.2 Å². The minimum Gasteiger partial charge on any atom is -0.339 e. The third kappa shape index (κ3) is 3.95. The summed E-state index contributed by atoms with van der Waals surface area (Å²) in [5.74, 6) is 2.23. The molecule has 168 valence electrons. The minimum atomic E-state index is 0.305. The number of carbonyl (C=O) groups excluding carboxylic acids is 1. The third-order valence-corrected chi connectivity index (χ3v) is 8.39. The molecule has 3 atom stereocenters. The first-order valence-electron chi connectivity index (χ1n) is 12.3. The van der Waals surface area contributed by atoms with Crippen LogP contribution in [0.5, 0.6) is 0 Å².